The minimum absolute atomic E-state index is 0.0186. The van der Waals surface area contributed by atoms with Gasteiger partial charge in [0.1, 0.15) is 17.7 Å². The molecule has 0 fully saturated rings. The Bertz CT molecular complexity index is 1110. The average Bonchev–Trinajstić information content (AvgIpc) is 2.79. The van der Waals surface area contributed by atoms with Crippen LogP contribution in [-0.2, 0) is 14.3 Å². The van der Waals surface area contributed by atoms with Crippen molar-refractivity contribution in [1.29, 1.82) is 0 Å². The summed E-state index contributed by atoms with van der Waals surface area (Å²) in [6, 6.07) is 11.1. The fraction of sp³-hybridized carbons (Fsp3) is 0.393. The van der Waals surface area contributed by atoms with Crippen LogP contribution in [0.1, 0.15) is 49.1 Å². The molecule has 8 heteroatoms. The monoisotopic (exact) mass is 511 g/mol. The van der Waals surface area contributed by atoms with E-state index in [0.717, 1.165) is 16.7 Å². The SMILES string of the molecule is C=CCN(C(=O)C(CS)NC(=O)OC(C)(C)C)C(C(=O)Nc1ccccc1C)c1ccc(C)c(C)c1. The molecule has 0 heterocycles. The molecule has 0 bridgehead atoms. The molecule has 2 unspecified atom stereocenters. The van der Waals surface area contributed by atoms with Crippen LogP contribution in [-0.4, -0.2) is 46.7 Å². The first-order valence-electron chi connectivity index (χ1n) is 11.8. The molecule has 0 radical (unpaired) electrons. The van der Waals surface area contributed by atoms with E-state index in [9.17, 15) is 14.4 Å². The van der Waals surface area contributed by atoms with Crippen LogP contribution in [0.5, 0.6) is 0 Å². The van der Waals surface area contributed by atoms with Gasteiger partial charge in [-0.15, -0.1) is 6.58 Å². The molecule has 2 aromatic rings. The lowest BCUT2D eigenvalue weighted by molar-refractivity contribution is -0.139. The maximum atomic E-state index is 13.7. The van der Waals surface area contributed by atoms with Crippen LogP contribution >= 0.6 is 12.6 Å². The number of para-hydroxylation sites is 1. The van der Waals surface area contributed by atoms with Crippen molar-refractivity contribution in [3.05, 3.63) is 77.4 Å². The molecule has 0 aromatic heterocycles. The Labute approximate surface area is 219 Å². The number of alkyl carbamates (subject to hydrolysis) is 1. The Morgan fingerprint density at radius 3 is 2.28 bits per heavy atom. The Morgan fingerprint density at radius 1 is 1.06 bits per heavy atom. The number of thiol groups is 1. The summed E-state index contributed by atoms with van der Waals surface area (Å²) >= 11 is 4.29. The van der Waals surface area contributed by atoms with Gasteiger partial charge in [0.05, 0.1) is 0 Å². The second kappa shape index (κ2) is 12.6. The molecule has 0 aliphatic heterocycles. The Kier molecular flexibility index (Phi) is 10.2. The number of nitrogens with one attached hydrogen (secondary N) is 2. The fourth-order valence-corrected chi connectivity index (χ4v) is 3.87. The van der Waals surface area contributed by atoms with Crippen LogP contribution in [0.4, 0.5) is 10.5 Å². The number of benzene rings is 2. The normalized spacial score (nSPS) is 12.8. The number of hydrogen-bond acceptors (Lipinski definition) is 5. The number of nitrogens with zero attached hydrogens (tertiary/aromatic N) is 1. The lowest BCUT2D eigenvalue weighted by Gasteiger charge is -2.33. The molecule has 0 saturated heterocycles. The van der Waals surface area contributed by atoms with E-state index in [-0.39, 0.29) is 18.2 Å². The summed E-state index contributed by atoms with van der Waals surface area (Å²) in [4.78, 5) is 41.3. The number of amides is 3. The number of hydrogen-bond donors (Lipinski definition) is 3. The summed E-state index contributed by atoms with van der Waals surface area (Å²) in [5, 5.41) is 5.56. The molecule has 7 nitrogen and oxygen atoms in total. The molecule has 36 heavy (non-hydrogen) atoms. The molecule has 194 valence electrons. The highest BCUT2D eigenvalue weighted by atomic mass is 32.1. The van der Waals surface area contributed by atoms with E-state index < -0.39 is 29.7 Å². The van der Waals surface area contributed by atoms with Gasteiger partial charge in [-0.25, -0.2) is 4.79 Å². The van der Waals surface area contributed by atoms with Crippen LogP contribution in [0.2, 0.25) is 0 Å². The molecule has 2 N–H and O–H groups in total. The van der Waals surface area contributed by atoms with Gasteiger partial charge in [-0.1, -0.05) is 42.5 Å². The maximum absolute atomic E-state index is 13.7. The second-order valence-electron chi connectivity index (χ2n) is 9.71. The number of anilines is 1. The predicted octanol–water partition coefficient (Wildman–Crippen LogP) is 5.13. The van der Waals surface area contributed by atoms with E-state index in [4.69, 9.17) is 4.74 Å². The molecule has 0 aliphatic rings. The van der Waals surface area contributed by atoms with Gasteiger partial charge < -0.3 is 20.3 Å². The number of aryl methyl sites for hydroxylation is 3. The van der Waals surface area contributed by atoms with Crippen molar-refractivity contribution in [2.75, 3.05) is 17.6 Å². The minimum Gasteiger partial charge on any atom is -0.444 e. The van der Waals surface area contributed by atoms with Gasteiger partial charge in [0.15, 0.2) is 0 Å². The van der Waals surface area contributed by atoms with Crippen molar-refractivity contribution in [1.82, 2.24) is 10.2 Å². The van der Waals surface area contributed by atoms with E-state index >= 15 is 0 Å². The molecular formula is C28H37N3O4S. The van der Waals surface area contributed by atoms with Crippen LogP contribution in [0.3, 0.4) is 0 Å². The smallest absolute Gasteiger partial charge is 0.408 e. The lowest BCUT2D eigenvalue weighted by atomic mass is 9.98. The predicted molar refractivity (Wildman–Crippen MR) is 147 cm³/mol. The first-order valence-corrected chi connectivity index (χ1v) is 12.5. The first-order chi connectivity index (χ1) is 16.9. The highest BCUT2D eigenvalue weighted by Gasteiger charge is 2.35. The summed E-state index contributed by atoms with van der Waals surface area (Å²) in [7, 11) is 0. The third kappa shape index (κ3) is 7.88. The largest absolute Gasteiger partial charge is 0.444 e. The van der Waals surface area contributed by atoms with Crippen molar-refractivity contribution in [3.8, 4) is 0 Å². The van der Waals surface area contributed by atoms with Gasteiger partial charge in [-0.05, 0) is 69.9 Å². The zero-order valence-corrected chi connectivity index (χ0v) is 22.8. The Morgan fingerprint density at radius 2 is 1.72 bits per heavy atom. The third-order valence-corrected chi connectivity index (χ3v) is 5.96. The van der Waals surface area contributed by atoms with Crippen molar-refractivity contribution in [3.63, 3.8) is 0 Å². The summed E-state index contributed by atoms with van der Waals surface area (Å²) in [5.41, 5.74) is 3.52. The van der Waals surface area contributed by atoms with Crippen LogP contribution < -0.4 is 10.6 Å². The molecule has 0 aliphatic carbocycles. The van der Waals surface area contributed by atoms with Crippen molar-refractivity contribution >= 4 is 36.2 Å². The van der Waals surface area contributed by atoms with Gasteiger partial charge >= 0.3 is 6.09 Å². The summed E-state index contributed by atoms with van der Waals surface area (Å²) in [5.74, 6) is -0.832. The maximum Gasteiger partial charge on any atom is 0.408 e. The Hall–Kier alpha value is -3.26. The lowest BCUT2D eigenvalue weighted by Crippen LogP contribution is -2.53. The van der Waals surface area contributed by atoms with Gasteiger partial charge in [0.25, 0.3) is 5.91 Å². The quantitative estimate of drug-likeness (QED) is 0.322. The van der Waals surface area contributed by atoms with Crippen molar-refractivity contribution in [2.24, 2.45) is 0 Å². The zero-order valence-electron chi connectivity index (χ0n) is 21.9. The van der Waals surface area contributed by atoms with Crippen molar-refractivity contribution in [2.45, 2.75) is 59.2 Å². The van der Waals surface area contributed by atoms with Gasteiger partial charge in [-0.2, -0.15) is 12.6 Å². The summed E-state index contributed by atoms with van der Waals surface area (Å²) < 4.78 is 5.32. The van der Waals surface area contributed by atoms with E-state index in [1.807, 2.05) is 63.2 Å². The number of ether oxygens (including phenoxy) is 1. The fourth-order valence-electron chi connectivity index (χ4n) is 3.62. The molecule has 0 spiro atoms. The highest BCUT2D eigenvalue weighted by molar-refractivity contribution is 7.80. The number of carbonyl (C=O) groups excluding carboxylic acids is 3. The molecule has 0 saturated carbocycles. The van der Waals surface area contributed by atoms with Crippen LogP contribution in [0.15, 0.2) is 55.1 Å². The van der Waals surface area contributed by atoms with E-state index in [0.29, 0.717) is 11.3 Å². The van der Waals surface area contributed by atoms with Crippen molar-refractivity contribution < 1.29 is 19.1 Å². The summed E-state index contributed by atoms with van der Waals surface area (Å²) in [6.45, 7) is 14.9. The molecule has 3 amide bonds. The number of rotatable bonds is 9. The minimum atomic E-state index is -1.01. The van der Waals surface area contributed by atoms with E-state index in [2.05, 4.69) is 29.8 Å². The molecular weight excluding hydrogens is 474 g/mol. The highest BCUT2D eigenvalue weighted by Crippen LogP contribution is 2.27. The van der Waals surface area contributed by atoms with Gasteiger partial charge in [0.2, 0.25) is 5.91 Å². The third-order valence-electron chi connectivity index (χ3n) is 5.59. The first kappa shape index (κ1) is 29.0. The van der Waals surface area contributed by atoms with E-state index in [1.54, 1.807) is 26.8 Å². The average molecular weight is 512 g/mol. The van der Waals surface area contributed by atoms with Crippen LogP contribution in [0.25, 0.3) is 0 Å². The Balaban J connectivity index is 2.49. The molecule has 2 rings (SSSR count). The topological polar surface area (TPSA) is 87.7 Å². The van der Waals surface area contributed by atoms with E-state index in [1.165, 1.54) is 4.90 Å². The number of carbonyl (C=O) groups is 3. The van der Waals surface area contributed by atoms with Gasteiger partial charge in [0, 0.05) is 18.0 Å². The molecule has 2 atom stereocenters. The van der Waals surface area contributed by atoms with Crippen LogP contribution in [0, 0.1) is 20.8 Å². The second-order valence-corrected chi connectivity index (χ2v) is 10.1. The molecule has 2 aromatic carbocycles. The standard InChI is InChI=1S/C28H37N3O4S/c1-8-15-31(26(33)23(17-36)30-27(34)35-28(5,6)7)24(21-14-13-18(2)20(4)16-21)25(32)29-22-12-10-9-11-19(22)3/h8-14,16,23-24,36H,1,15,17H2,2-7H3,(H,29,32)(H,30,34). The van der Waals surface area contributed by atoms with Gasteiger partial charge in [-0.3, -0.25) is 9.59 Å². The summed E-state index contributed by atoms with van der Waals surface area (Å²) in [6.07, 6.45) is 0.816. The zero-order chi connectivity index (χ0) is 27.0.